The lowest BCUT2D eigenvalue weighted by Gasteiger charge is -2.38. The van der Waals surface area contributed by atoms with E-state index in [4.69, 9.17) is 4.74 Å². The molecule has 0 fully saturated rings. The van der Waals surface area contributed by atoms with E-state index < -0.39 is 35.7 Å². The highest BCUT2D eigenvalue weighted by atomic mass is 16.6. The molecule has 1 aromatic carbocycles. The summed E-state index contributed by atoms with van der Waals surface area (Å²) in [5, 5.41) is 16.5. The molecular weight excluding hydrogens is 446 g/mol. The van der Waals surface area contributed by atoms with Crippen molar-refractivity contribution in [2.75, 3.05) is 6.54 Å². The normalized spacial score (nSPS) is 13.3. The summed E-state index contributed by atoms with van der Waals surface area (Å²) in [5.74, 6) is -1.09. The maximum absolute atomic E-state index is 13.9. The van der Waals surface area contributed by atoms with Crippen molar-refractivity contribution in [1.29, 1.82) is 0 Å². The number of amides is 3. The van der Waals surface area contributed by atoms with Gasteiger partial charge in [-0.3, -0.25) is 9.59 Å². The van der Waals surface area contributed by atoms with Crippen LogP contribution in [0.15, 0.2) is 18.2 Å². The number of aromatic hydroxyl groups is 1. The Balaban J connectivity index is 3.44. The minimum atomic E-state index is -1.06. The number of carbonyl (C=O) groups is 3. The van der Waals surface area contributed by atoms with Crippen LogP contribution in [0.1, 0.15) is 91.8 Å². The molecule has 0 bridgehead atoms. The summed E-state index contributed by atoms with van der Waals surface area (Å²) < 4.78 is 5.37. The predicted octanol–water partition coefficient (Wildman–Crippen LogP) is 4.83. The van der Waals surface area contributed by atoms with Crippen molar-refractivity contribution in [3.63, 3.8) is 0 Å². The van der Waals surface area contributed by atoms with Gasteiger partial charge in [-0.1, -0.05) is 51.8 Å². The first kappa shape index (κ1) is 30.3. The van der Waals surface area contributed by atoms with E-state index in [0.717, 1.165) is 19.3 Å². The number of hydrogen-bond donors (Lipinski definition) is 3. The fourth-order valence-corrected chi connectivity index (χ4v) is 3.79. The van der Waals surface area contributed by atoms with Gasteiger partial charge in [0.2, 0.25) is 11.8 Å². The molecule has 0 aliphatic heterocycles. The monoisotopic (exact) mass is 491 g/mol. The highest BCUT2D eigenvalue weighted by Crippen LogP contribution is 2.33. The summed E-state index contributed by atoms with van der Waals surface area (Å²) in [5.41, 5.74) is 0.232. The van der Waals surface area contributed by atoms with Gasteiger partial charge in [0.1, 0.15) is 23.4 Å². The van der Waals surface area contributed by atoms with Crippen molar-refractivity contribution in [3.05, 3.63) is 29.3 Å². The van der Waals surface area contributed by atoms with E-state index in [9.17, 15) is 19.5 Å². The first-order valence-corrected chi connectivity index (χ1v) is 12.6. The Bertz CT molecular complexity index is 861. The van der Waals surface area contributed by atoms with E-state index in [1.165, 1.54) is 4.90 Å². The lowest BCUT2D eigenvalue weighted by atomic mass is 9.96. The van der Waals surface area contributed by atoms with Gasteiger partial charge in [0.15, 0.2) is 0 Å². The largest absolute Gasteiger partial charge is 0.507 e. The molecule has 0 aliphatic rings. The quantitative estimate of drug-likeness (QED) is 0.384. The lowest BCUT2D eigenvalue weighted by Crippen LogP contribution is -2.56. The number of alkyl carbamates (subject to hydrolysis) is 1. The second-order valence-corrected chi connectivity index (χ2v) is 10.6. The van der Waals surface area contributed by atoms with Crippen LogP contribution < -0.4 is 10.6 Å². The minimum absolute atomic E-state index is 0.0270. The fraction of sp³-hybridized carbons (Fsp3) is 0.667. The Hall–Kier alpha value is -2.77. The number of unbranched alkanes of at least 4 members (excludes halogenated alkanes) is 2. The second kappa shape index (κ2) is 13.4. The molecule has 0 saturated heterocycles. The number of rotatable bonds is 11. The van der Waals surface area contributed by atoms with E-state index in [1.807, 2.05) is 27.7 Å². The Morgan fingerprint density at radius 1 is 1.09 bits per heavy atom. The third kappa shape index (κ3) is 9.07. The molecular formula is C27H45N3O5. The molecule has 198 valence electrons. The van der Waals surface area contributed by atoms with Gasteiger partial charge in [-0.25, -0.2) is 4.79 Å². The Morgan fingerprint density at radius 3 is 2.23 bits per heavy atom. The molecule has 35 heavy (non-hydrogen) atoms. The maximum atomic E-state index is 13.9. The van der Waals surface area contributed by atoms with Gasteiger partial charge in [-0.05, 0) is 59.4 Å². The molecule has 3 amide bonds. The maximum Gasteiger partial charge on any atom is 0.408 e. The summed E-state index contributed by atoms with van der Waals surface area (Å²) in [6, 6.07) is 2.78. The molecule has 0 radical (unpaired) electrons. The van der Waals surface area contributed by atoms with Crippen molar-refractivity contribution in [1.82, 2.24) is 15.5 Å². The molecule has 0 aliphatic carbocycles. The van der Waals surface area contributed by atoms with E-state index in [2.05, 4.69) is 17.6 Å². The number of phenolic OH excluding ortho intramolecular Hbond substituents is 1. The molecule has 1 aromatic rings. The molecule has 8 nitrogen and oxygen atoms in total. The van der Waals surface area contributed by atoms with Crippen molar-refractivity contribution in [3.8, 4) is 5.75 Å². The molecule has 1 rings (SSSR count). The topological polar surface area (TPSA) is 108 Å². The highest BCUT2D eigenvalue weighted by Gasteiger charge is 2.39. The van der Waals surface area contributed by atoms with E-state index in [1.54, 1.807) is 45.9 Å². The van der Waals surface area contributed by atoms with E-state index in [-0.39, 0.29) is 17.6 Å². The smallest absolute Gasteiger partial charge is 0.408 e. The van der Waals surface area contributed by atoms with Crippen LogP contribution in [0.4, 0.5) is 4.79 Å². The molecule has 0 saturated carbocycles. The summed E-state index contributed by atoms with van der Waals surface area (Å²) in [6.45, 7) is 16.8. The molecule has 0 aromatic heterocycles. The van der Waals surface area contributed by atoms with Gasteiger partial charge in [0.05, 0.1) is 0 Å². The Labute approximate surface area is 210 Å². The number of hydrogen-bond acceptors (Lipinski definition) is 5. The number of phenols is 1. The zero-order chi connectivity index (χ0) is 26.9. The van der Waals surface area contributed by atoms with E-state index >= 15 is 0 Å². The standard InChI is InChI=1S/C27H45N3O5/c1-10-11-12-16-28-24(32)22(20-15-13-14-19(6)23(20)31)30(18(4)5)25(33)21(17(2)3)29-26(34)35-27(7,8)9/h13-15,17-18,21-22,31H,10-12,16H2,1-9H3,(H,28,32)(H,29,34). The van der Waals surface area contributed by atoms with Crippen LogP contribution in [0.25, 0.3) is 0 Å². The fourth-order valence-electron chi connectivity index (χ4n) is 3.79. The Kier molecular flexibility index (Phi) is 11.5. The van der Waals surface area contributed by atoms with Crippen LogP contribution in [0.5, 0.6) is 5.75 Å². The van der Waals surface area contributed by atoms with Gasteiger partial charge >= 0.3 is 6.09 Å². The lowest BCUT2D eigenvalue weighted by molar-refractivity contribution is -0.145. The third-order valence-electron chi connectivity index (χ3n) is 5.59. The van der Waals surface area contributed by atoms with Crippen molar-refractivity contribution >= 4 is 17.9 Å². The average Bonchev–Trinajstić information content (AvgIpc) is 2.73. The predicted molar refractivity (Wildman–Crippen MR) is 138 cm³/mol. The van der Waals surface area contributed by atoms with E-state index in [0.29, 0.717) is 17.7 Å². The highest BCUT2D eigenvalue weighted by molar-refractivity contribution is 5.93. The van der Waals surface area contributed by atoms with Crippen LogP contribution in [-0.2, 0) is 14.3 Å². The first-order valence-electron chi connectivity index (χ1n) is 12.6. The molecule has 0 heterocycles. The van der Waals surface area contributed by atoms with Gasteiger partial charge in [0, 0.05) is 18.2 Å². The molecule has 2 unspecified atom stereocenters. The van der Waals surface area contributed by atoms with Crippen molar-refractivity contribution in [2.24, 2.45) is 5.92 Å². The Morgan fingerprint density at radius 2 is 1.71 bits per heavy atom. The van der Waals surface area contributed by atoms with Crippen LogP contribution in [-0.4, -0.2) is 52.1 Å². The summed E-state index contributed by atoms with van der Waals surface area (Å²) >= 11 is 0. The minimum Gasteiger partial charge on any atom is -0.507 e. The first-order chi connectivity index (χ1) is 16.2. The van der Waals surface area contributed by atoms with Crippen LogP contribution >= 0.6 is 0 Å². The zero-order valence-corrected chi connectivity index (χ0v) is 22.9. The van der Waals surface area contributed by atoms with Gasteiger partial charge < -0.3 is 25.4 Å². The van der Waals surface area contributed by atoms with Crippen LogP contribution in [0, 0.1) is 12.8 Å². The molecule has 8 heteroatoms. The molecule has 0 spiro atoms. The van der Waals surface area contributed by atoms with Crippen molar-refractivity contribution < 1.29 is 24.2 Å². The molecule has 2 atom stereocenters. The summed E-state index contributed by atoms with van der Waals surface area (Å²) in [4.78, 5) is 41.4. The van der Waals surface area contributed by atoms with Gasteiger partial charge in [0.25, 0.3) is 0 Å². The second-order valence-electron chi connectivity index (χ2n) is 10.6. The zero-order valence-electron chi connectivity index (χ0n) is 22.9. The molecule has 3 N–H and O–H groups in total. The van der Waals surface area contributed by atoms with Crippen molar-refractivity contribution in [2.45, 2.75) is 105 Å². The summed E-state index contributed by atoms with van der Waals surface area (Å²) in [6.07, 6.45) is 2.11. The van der Waals surface area contributed by atoms with Crippen LogP contribution in [0.2, 0.25) is 0 Å². The van der Waals surface area contributed by atoms with Crippen LogP contribution in [0.3, 0.4) is 0 Å². The number of nitrogens with one attached hydrogen (secondary N) is 2. The average molecular weight is 492 g/mol. The number of benzene rings is 1. The number of carbonyl (C=O) groups excluding carboxylic acids is 3. The number of ether oxygens (including phenoxy) is 1. The number of aryl methyl sites for hydroxylation is 1. The summed E-state index contributed by atoms with van der Waals surface area (Å²) in [7, 11) is 0. The van der Waals surface area contributed by atoms with Gasteiger partial charge in [-0.2, -0.15) is 0 Å². The third-order valence-corrected chi connectivity index (χ3v) is 5.59. The number of para-hydroxylation sites is 1. The number of nitrogens with zero attached hydrogens (tertiary/aromatic N) is 1. The SMILES string of the molecule is CCCCCNC(=O)C(c1cccc(C)c1O)N(C(=O)C(NC(=O)OC(C)(C)C)C(C)C)C(C)C. The van der Waals surface area contributed by atoms with Gasteiger partial charge in [-0.15, -0.1) is 0 Å².